The highest BCUT2D eigenvalue weighted by molar-refractivity contribution is 5.24. The first-order valence-corrected chi connectivity index (χ1v) is 6.62. The molecule has 1 aliphatic rings. The summed E-state index contributed by atoms with van der Waals surface area (Å²) < 4.78 is 0. The Labute approximate surface area is 104 Å². The molecule has 0 radical (unpaired) electrons. The zero-order valence-corrected chi connectivity index (χ0v) is 10.9. The fourth-order valence-electron chi connectivity index (χ4n) is 2.84. The summed E-state index contributed by atoms with van der Waals surface area (Å²) in [4.78, 5) is 2.53. The summed E-state index contributed by atoms with van der Waals surface area (Å²) in [5.74, 6) is 0.463. The number of aliphatic hydroxyl groups excluding tert-OH is 1. The lowest BCUT2D eigenvalue weighted by molar-refractivity contribution is 0.116. The number of benzene rings is 1. The Balaban J connectivity index is 2.20. The average Bonchev–Trinajstić information content (AvgIpc) is 2.88. The first kappa shape index (κ1) is 12.6. The van der Waals surface area contributed by atoms with Gasteiger partial charge in [-0.05, 0) is 37.8 Å². The molecule has 1 aromatic rings. The van der Waals surface area contributed by atoms with Crippen molar-refractivity contribution in [2.75, 3.05) is 19.7 Å². The highest BCUT2D eigenvalue weighted by Crippen LogP contribution is 2.35. The lowest BCUT2D eigenvalue weighted by atomic mass is 9.87. The molecule has 2 rings (SSSR count). The second-order valence-electron chi connectivity index (χ2n) is 5.28. The zero-order chi connectivity index (χ0) is 12.3. The van der Waals surface area contributed by atoms with Crippen LogP contribution >= 0.6 is 0 Å². The molecule has 2 heteroatoms. The van der Waals surface area contributed by atoms with E-state index in [0.717, 1.165) is 25.9 Å². The van der Waals surface area contributed by atoms with Gasteiger partial charge in [0, 0.05) is 18.7 Å². The molecule has 0 bridgehead atoms. The number of rotatable bonds is 4. The minimum absolute atomic E-state index is 0.116. The van der Waals surface area contributed by atoms with Crippen LogP contribution in [0.1, 0.15) is 32.3 Å². The van der Waals surface area contributed by atoms with E-state index >= 15 is 0 Å². The molecule has 1 aromatic carbocycles. The average molecular weight is 233 g/mol. The smallest absolute Gasteiger partial charge is 0.0471 e. The van der Waals surface area contributed by atoms with Gasteiger partial charge in [-0.15, -0.1) is 0 Å². The van der Waals surface area contributed by atoms with Crippen LogP contribution in [0.2, 0.25) is 0 Å². The minimum Gasteiger partial charge on any atom is -0.396 e. The largest absolute Gasteiger partial charge is 0.396 e. The summed E-state index contributed by atoms with van der Waals surface area (Å²) in [5.41, 5.74) is 1.51. The Kier molecular flexibility index (Phi) is 3.85. The fourth-order valence-corrected chi connectivity index (χ4v) is 2.84. The highest BCUT2D eigenvalue weighted by atomic mass is 16.3. The number of hydrogen-bond donors (Lipinski definition) is 1. The molecular weight excluding hydrogens is 210 g/mol. The number of nitrogens with zero attached hydrogens (tertiary/aromatic N) is 1. The number of hydrogen-bond acceptors (Lipinski definition) is 2. The van der Waals surface area contributed by atoms with Gasteiger partial charge in [-0.3, -0.25) is 4.90 Å². The monoisotopic (exact) mass is 233 g/mol. The summed E-state index contributed by atoms with van der Waals surface area (Å²) in [5, 5.41) is 9.27. The van der Waals surface area contributed by atoms with Crippen molar-refractivity contribution in [2.24, 2.45) is 5.92 Å². The third-order valence-electron chi connectivity index (χ3n) is 4.33. The molecule has 0 aliphatic carbocycles. The van der Waals surface area contributed by atoms with E-state index in [-0.39, 0.29) is 5.54 Å². The predicted octanol–water partition coefficient (Wildman–Crippen LogP) is 2.63. The maximum absolute atomic E-state index is 9.27. The van der Waals surface area contributed by atoms with Gasteiger partial charge in [-0.1, -0.05) is 37.3 Å². The number of aliphatic hydroxyl groups is 1. The van der Waals surface area contributed by atoms with Crippen LogP contribution in [-0.2, 0) is 5.54 Å². The van der Waals surface area contributed by atoms with Crippen LogP contribution in [-0.4, -0.2) is 29.7 Å². The Morgan fingerprint density at radius 3 is 2.59 bits per heavy atom. The molecule has 1 aliphatic heterocycles. The van der Waals surface area contributed by atoms with E-state index < -0.39 is 0 Å². The third kappa shape index (κ3) is 2.38. The van der Waals surface area contributed by atoms with E-state index in [9.17, 15) is 5.11 Å². The topological polar surface area (TPSA) is 23.5 Å². The van der Waals surface area contributed by atoms with Crippen LogP contribution in [0.5, 0.6) is 0 Å². The van der Waals surface area contributed by atoms with E-state index in [4.69, 9.17) is 0 Å². The van der Waals surface area contributed by atoms with Gasteiger partial charge in [-0.2, -0.15) is 0 Å². The van der Waals surface area contributed by atoms with Crippen LogP contribution < -0.4 is 0 Å². The SMILES string of the molecule is CC[C@@](C)(c1ccccc1)N1CC[C@H](CO)C1. The van der Waals surface area contributed by atoms with Crippen molar-refractivity contribution in [1.82, 2.24) is 4.90 Å². The molecule has 0 unspecified atom stereocenters. The molecule has 0 aromatic heterocycles. The summed E-state index contributed by atoms with van der Waals surface area (Å²) in [6.07, 6.45) is 2.23. The first-order valence-electron chi connectivity index (χ1n) is 6.62. The summed E-state index contributed by atoms with van der Waals surface area (Å²) in [6.45, 7) is 7.02. The summed E-state index contributed by atoms with van der Waals surface area (Å²) in [6, 6.07) is 10.7. The Morgan fingerprint density at radius 1 is 1.35 bits per heavy atom. The van der Waals surface area contributed by atoms with Gasteiger partial charge < -0.3 is 5.11 Å². The molecule has 0 saturated carbocycles. The van der Waals surface area contributed by atoms with Crippen LogP contribution in [0.4, 0.5) is 0 Å². The molecule has 1 N–H and O–H groups in total. The van der Waals surface area contributed by atoms with E-state index in [1.807, 2.05) is 0 Å². The second-order valence-corrected chi connectivity index (χ2v) is 5.28. The van der Waals surface area contributed by atoms with Crippen molar-refractivity contribution in [3.05, 3.63) is 35.9 Å². The minimum atomic E-state index is 0.116. The van der Waals surface area contributed by atoms with Crippen molar-refractivity contribution in [2.45, 2.75) is 32.2 Å². The maximum Gasteiger partial charge on any atom is 0.0471 e. The van der Waals surface area contributed by atoms with Crippen LogP contribution in [0.25, 0.3) is 0 Å². The van der Waals surface area contributed by atoms with Crippen molar-refractivity contribution in [3.63, 3.8) is 0 Å². The second kappa shape index (κ2) is 5.19. The Bertz CT molecular complexity index is 351. The van der Waals surface area contributed by atoms with Gasteiger partial charge in [0.25, 0.3) is 0 Å². The molecule has 1 heterocycles. The van der Waals surface area contributed by atoms with Gasteiger partial charge in [0.2, 0.25) is 0 Å². The van der Waals surface area contributed by atoms with Crippen LogP contribution in [0.3, 0.4) is 0 Å². The molecule has 0 spiro atoms. The van der Waals surface area contributed by atoms with E-state index in [1.54, 1.807) is 0 Å². The summed E-state index contributed by atoms with van der Waals surface area (Å²) >= 11 is 0. The van der Waals surface area contributed by atoms with E-state index in [0.29, 0.717) is 12.5 Å². The summed E-state index contributed by atoms with van der Waals surface area (Å²) in [7, 11) is 0. The Hall–Kier alpha value is -0.860. The van der Waals surface area contributed by atoms with Gasteiger partial charge >= 0.3 is 0 Å². The quantitative estimate of drug-likeness (QED) is 0.864. The Morgan fingerprint density at radius 2 is 2.06 bits per heavy atom. The normalized spacial score (nSPS) is 24.8. The van der Waals surface area contributed by atoms with Crippen molar-refractivity contribution in [1.29, 1.82) is 0 Å². The fraction of sp³-hybridized carbons (Fsp3) is 0.600. The van der Waals surface area contributed by atoms with Gasteiger partial charge in [0.05, 0.1) is 0 Å². The standard InChI is InChI=1S/C15H23NO/c1-3-15(2,14-7-5-4-6-8-14)16-10-9-13(11-16)12-17/h4-8,13,17H,3,9-12H2,1-2H3/t13-,15-/m0/s1. The molecule has 2 nitrogen and oxygen atoms in total. The number of likely N-dealkylation sites (tertiary alicyclic amines) is 1. The molecule has 94 valence electrons. The van der Waals surface area contributed by atoms with Crippen LogP contribution in [0.15, 0.2) is 30.3 Å². The molecular formula is C15H23NO. The molecule has 0 amide bonds. The van der Waals surface area contributed by atoms with Crippen LogP contribution in [0, 0.1) is 5.92 Å². The molecule has 17 heavy (non-hydrogen) atoms. The maximum atomic E-state index is 9.27. The van der Waals surface area contributed by atoms with Crippen molar-refractivity contribution >= 4 is 0 Å². The van der Waals surface area contributed by atoms with E-state index in [2.05, 4.69) is 49.1 Å². The van der Waals surface area contributed by atoms with Crippen molar-refractivity contribution < 1.29 is 5.11 Å². The molecule has 2 atom stereocenters. The lowest BCUT2D eigenvalue weighted by Gasteiger charge is -2.39. The predicted molar refractivity (Wildman–Crippen MR) is 70.9 cm³/mol. The zero-order valence-electron chi connectivity index (χ0n) is 10.9. The van der Waals surface area contributed by atoms with Crippen molar-refractivity contribution in [3.8, 4) is 0 Å². The highest BCUT2D eigenvalue weighted by Gasteiger charge is 2.36. The van der Waals surface area contributed by atoms with Gasteiger partial charge in [0.1, 0.15) is 0 Å². The van der Waals surface area contributed by atoms with Gasteiger partial charge in [-0.25, -0.2) is 0 Å². The van der Waals surface area contributed by atoms with E-state index in [1.165, 1.54) is 5.56 Å². The third-order valence-corrected chi connectivity index (χ3v) is 4.33. The molecule has 1 fully saturated rings. The first-order chi connectivity index (χ1) is 8.20. The molecule has 1 saturated heterocycles. The van der Waals surface area contributed by atoms with Gasteiger partial charge in [0.15, 0.2) is 0 Å². The lowest BCUT2D eigenvalue weighted by Crippen LogP contribution is -2.42.